The zero-order chi connectivity index (χ0) is 11.5. The number of fused-ring (bicyclic) bond motifs is 1. The van der Waals surface area contributed by atoms with Gasteiger partial charge < -0.3 is 9.88 Å². The Morgan fingerprint density at radius 2 is 2.06 bits per heavy atom. The number of H-pyrrole nitrogens is 1. The Balaban J connectivity index is 2.16. The lowest BCUT2D eigenvalue weighted by Gasteiger charge is -2.08. The standard InChI is InChI=1S/C14H20N2/c1-11-6-4-8-13-12(10-15-14(11)13)7-5-9-16(2)3/h4,6,8,10,15H,5,7,9H2,1-3H3. The molecule has 1 aromatic heterocycles. The molecule has 0 amide bonds. The molecule has 0 saturated heterocycles. The van der Waals surface area contributed by atoms with E-state index in [9.17, 15) is 0 Å². The van der Waals surface area contributed by atoms with Crippen molar-refractivity contribution >= 4 is 10.9 Å². The summed E-state index contributed by atoms with van der Waals surface area (Å²) in [7, 11) is 4.25. The Morgan fingerprint density at radius 3 is 2.81 bits per heavy atom. The fourth-order valence-electron chi connectivity index (χ4n) is 2.16. The average Bonchev–Trinajstić information content (AvgIpc) is 2.63. The molecule has 0 aliphatic heterocycles. The van der Waals surface area contributed by atoms with Crippen molar-refractivity contribution < 1.29 is 0 Å². The first kappa shape index (κ1) is 11.2. The van der Waals surface area contributed by atoms with Crippen LogP contribution in [0.4, 0.5) is 0 Å². The molecule has 1 heterocycles. The highest BCUT2D eigenvalue weighted by molar-refractivity contribution is 5.85. The molecule has 16 heavy (non-hydrogen) atoms. The molecule has 0 aliphatic rings. The van der Waals surface area contributed by atoms with Crippen molar-refractivity contribution in [1.82, 2.24) is 9.88 Å². The van der Waals surface area contributed by atoms with Crippen LogP contribution in [-0.2, 0) is 6.42 Å². The first-order valence-corrected chi connectivity index (χ1v) is 5.89. The summed E-state index contributed by atoms with van der Waals surface area (Å²) in [6.45, 7) is 3.31. The number of nitrogens with zero attached hydrogens (tertiary/aromatic N) is 1. The molecule has 2 nitrogen and oxygen atoms in total. The molecule has 0 atom stereocenters. The Labute approximate surface area is 97.3 Å². The van der Waals surface area contributed by atoms with Crippen molar-refractivity contribution in [3.05, 3.63) is 35.5 Å². The Kier molecular flexibility index (Phi) is 3.30. The summed E-state index contributed by atoms with van der Waals surface area (Å²) < 4.78 is 0. The second-order valence-electron chi connectivity index (χ2n) is 4.72. The Bertz CT molecular complexity index is 469. The lowest BCUT2D eigenvalue weighted by atomic mass is 10.1. The number of para-hydroxylation sites is 1. The molecular weight excluding hydrogens is 196 g/mol. The van der Waals surface area contributed by atoms with Gasteiger partial charge in [-0.15, -0.1) is 0 Å². The van der Waals surface area contributed by atoms with Gasteiger partial charge in [0.25, 0.3) is 0 Å². The zero-order valence-corrected chi connectivity index (χ0v) is 10.4. The molecule has 1 N–H and O–H groups in total. The number of rotatable bonds is 4. The topological polar surface area (TPSA) is 19.0 Å². The van der Waals surface area contributed by atoms with Gasteiger partial charge in [-0.05, 0) is 51.5 Å². The molecular formula is C14H20N2. The van der Waals surface area contributed by atoms with E-state index < -0.39 is 0 Å². The maximum absolute atomic E-state index is 3.38. The van der Waals surface area contributed by atoms with E-state index in [-0.39, 0.29) is 0 Å². The van der Waals surface area contributed by atoms with Crippen LogP contribution in [0.3, 0.4) is 0 Å². The number of nitrogens with one attached hydrogen (secondary N) is 1. The minimum atomic E-state index is 1.15. The molecule has 2 rings (SSSR count). The molecule has 0 unspecified atom stereocenters. The summed E-state index contributed by atoms with van der Waals surface area (Å²) in [5.41, 5.74) is 4.07. The van der Waals surface area contributed by atoms with Crippen LogP contribution >= 0.6 is 0 Å². The van der Waals surface area contributed by atoms with E-state index in [4.69, 9.17) is 0 Å². The highest BCUT2D eigenvalue weighted by Gasteiger charge is 2.04. The molecule has 0 fully saturated rings. The maximum Gasteiger partial charge on any atom is 0.0486 e. The van der Waals surface area contributed by atoms with Crippen LogP contribution < -0.4 is 0 Å². The molecule has 0 bridgehead atoms. The van der Waals surface area contributed by atoms with E-state index in [2.05, 4.69) is 55.3 Å². The molecule has 2 aromatic rings. The summed E-state index contributed by atoms with van der Waals surface area (Å²) in [5.74, 6) is 0. The molecule has 0 aliphatic carbocycles. The van der Waals surface area contributed by atoms with Gasteiger partial charge in [-0.1, -0.05) is 18.2 Å². The van der Waals surface area contributed by atoms with Gasteiger partial charge in [-0.25, -0.2) is 0 Å². The van der Waals surface area contributed by atoms with Crippen LogP contribution in [-0.4, -0.2) is 30.5 Å². The normalized spacial score (nSPS) is 11.5. The third kappa shape index (κ3) is 2.27. The monoisotopic (exact) mass is 216 g/mol. The van der Waals surface area contributed by atoms with Gasteiger partial charge in [0.1, 0.15) is 0 Å². The molecule has 0 radical (unpaired) electrons. The molecule has 2 heteroatoms. The van der Waals surface area contributed by atoms with Crippen molar-refractivity contribution in [3.8, 4) is 0 Å². The van der Waals surface area contributed by atoms with Crippen molar-refractivity contribution in [2.75, 3.05) is 20.6 Å². The third-order valence-electron chi connectivity index (χ3n) is 3.06. The highest BCUT2D eigenvalue weighted by atomic mass is 15.0. The Morgan fingerprint density at radius 1 is 1.25 bits per heavy atom. The summed E-state index contributed by atoms with van der Waals surface area (Å²) in [6, 6.07) is 6.51. The van der Waals surface area contributed by atoms with Crippen molar-refractivity contribution in [2.45, 2.75) is 19.8 Å². The van der Waals surface area contributed by atoms with Gasteiger partial charge in [-0.3, -0.25) is 0 Å². The van der Waals surface area contributed by atoms with Gasteiger partial charge in [0.05, 0.1) is 0 Å². The maximum atomic E-state index is 3.38. The number of aromatic amines is 1. The number of hydrogen-bond acceptors (Lipinski definition) is 1. The largest absolute Gasteiger partial charge is 0.361 e. The third-order valence-corrected chi connectivity index (χ3v) is 3.06. The molecule has 0 saturated carbocycles. The molecule has 0 spiro atoms. The van der Waals surface area contributed by atoms with E-state index in [0.717, 1.165) is 13.0 Å². The zero-order valence-electron chi connectivity index (χ0n) is 10.4. The fourth-order valence-corrected chi connectivity index (χ4v) is 2.16. The second-order valence-corrected chi connectivity index (χ2v) is 4.72. The number of aromatic nitrogens is 1. The van der Waals surface area contributed by atoms with Gasteiger partial charge in [-0.2, -0.15) is 0 Å². The minimum Gasteiger partial charge on any atom is -0.361 e. The van der Waals surface area contributed by atoms with E-state index in [1.54, 1.807) is 0 Å². The predicted molar refractivity (Wildman–Crippen MR) is 69.9 cm³/mol. The summed E-state index contributed by atoms with van der Waals surface area (Å²) in [6.07, 6.45) is 4.53. The lowest BCUT2D eigenvalue weighted by Crippen LogP contribution is -2.13. The smallest absolute Gasteiger partial charge is 0.0486 e. The quantitative estimate of drug-likeness (QED) is 0.832. The first-order valence-electron chi connectivity index (χ1n) is 5.89. The fraction of sp³-hybridized carbons (Fsp3) is 0.429. The second kappa shape index (κ2) is 4.71. The van der Waals surface area contributed by atoms with Crippen LogP contribution in [0.15, 0.2) is 24.4 Å². The predicted octanol–water partition coefficient (Wildman–Crippen LogP) is 2.97. The summed E-state index contributed by atoms with van der Waals surface area (Å²) >= 11 is 0. The van der Waals surface area contributed by atoms with Gasteiger partial charge in [0, 0.05) is 17.1 Å². The van der Waals surface area contributed by atoms with E-state index >= 15 is 0 Å². The van der Waals surface area contributed by atoms with E-state index in [1.807, 2.05) is 0 Å². The van der Waals surface area contributed by atoms with Crippen LogP contribution in [0.2, 0.25) is 0 Å². The summed E-state index contributed by atoms with van der Waals surface area (Å²) in [4.78, 5) is 5.62. The molecule has 86 valence electrons. The van der Waals surface area contributed by atoms with Crippen molar-refractivity contribution in [2.24, 2.45) is 0 Å². The first-order chi connectivity index (χ1) is 7.68. The van der Waals surface area contributed by atoms with Gasteiger partial charge >= 0.3 is 0 Å². The van der Waals surface area contributed by atoms with Gasteiger partial charge in [0.15, 0.2) is 0 Å². The SMILES string of the molecule is Cc1cccc2c(CCCN(C)C)c[nH]c12. The molecule has 1 aromatic carbocycles. The number of benzene rings is 1. The van der Waals surface area contributed by atoms with Crippen LogP contribution in [0.1, 0.15) is 17.5 Å². The van der Waals surface area contributed by atoms with Gasteiger partial charge in [0.2, 0.25) is 0 Å². The number of aryl methyl sites for hydroxylation is 2. The lowest BCUT2D eigenvalue weighted by molar-refractivity contribution is 0.400. The Hall–Kier alpha value is -1.28. The van der Waals surface area contributed by atoms with E-state index in [1.165, 1.54) is 28.5 Å². The van der Waals surface area contributed by atoms with Crippen LogP contribution in [0.25, 0.3) is 10.9 Å². The average molecular weight is 216 g/mol. The highest BCUT2D eigenvalue weighted by Crippen LogP contribution is 2.22. The minimum absolute atomic E-state index is 1.15. The number of hydrogen-bond donors (Lipinski definition) is 1. The van der Waals surface area contributed by atoms with Crippen LogP contribution in [0.5, 0.6) is 0 Å². The van der Waals surface area contributed by atoms with E-state index in [0.29, 0.717) is 0 Å². The van der Waals surface area contributed by atoms with Crippen molar-refractivity contribution in [1.29, 1.82) is 0 Å². The van der Waals surface area contributed by atoms with Crippen LogP contribution in [0, 0.1) is 6.92 Å². The summed E-state index contributed by atoms with van der Waals surface area (Å²) in [5, 5.41) is 1.39. The van der Waals surface area contributed by atoms with Crippen molar-refractivity contribution in [3.63, 3.8) is 0 Å².